The van der Waals surface area contributed by atoms with E-state index in [0.717, 1.165) is 0 Å². The number of anilines is 1. The van der Waals surface area contributed by atoms with Gasteiger partial charge in [0.1, 0.15) is 4.75 Å². The molecule has 0 saturated heterocycles. The molecule has 1 heterocycles. The van der Waals surface area contributed by atoms with Gasteiger partial charge in [-0.2, -0.15) is 0 Å². The highest BCUT2D eigenvalue weighted by Gasteiger charge is 2.51. The van der Waals surface area contributed by atoms with Crippen LogP contribution in [0.3, 0.4) is 0 Å². The van der Waals surface area contributed by atoms with Crippen LogP contribution in [-0.2, 0) is 14.6 Å². The molecule has 1 aliphatic rings. The molecule has 0 saturated carbocycles. The van der Waals surface area contributed by atoms with Crippen LogP contribution in [0.4, 0.5) is 10.7 Å². The first kappa shape index (κ1) is 17.8. The summed E-state index contributed by atoms with van der Waals surface area (Å²) in [5, 5.41) is 10.1. The molecule has 0 aliphatic heterocycles. The van der Waals surface area contributed by atoms with Crippen molar-refractivity contribution in [1.29, 1.82) is 0 Å². The lowest BCUT2D eigenvalue weighted by Crippen LogP contribution is -2.49. The van der Waals surface area contributed by atoms with E-state index in [0.29, 0.717) is 11.4 Å². The lowest BCUT2D eigenvalue weighted by atomic mass is 9.89. The third-order valence-corrected chi connectivity index (χ3v) is 5.88. The van der Waals surface area contributed by atoms with Crippen molar-refractivity contribution in [3.8, 4) is 0 Å². The number of hydrogen-bond acceptors (Lipinski definition) is 6. The molecule has 2 atom stereocenters. The Hall–Kier alpha value is -2.55. The van der Waals surface area contributed by atoms with Gasteiger partial charge in [-0.05, 0) is 26.8 Å². The van der Waals surface area contributed by atoms with Gasteiger partial charge in [0, 0.05) is 11.4 Å². The van der Waals surface area contributed by atoms with E-state index in [9.17, 15) is 23.1 Å². The summed E-state index contributed by atoms with van der Waals surface area (Å²) in [5.74, 6) is -2.86. The van der Waals surface area contributed by atoms with E-state index in [-0.39, 0.29) is 5.95 Å². The Morgan fingerprint density at radius 1 is 1.21 bits per heavy atom. The molecule has 0 aromatic carbocycles. The summed E-state index contributed by atoms with van der Waals surface area (Å²) >= 11 is 0. The number of carbonyl (C=O) groups excluding carboxylic acids is 1. The van der Waals surface area contributed by atoms with Crippen LogP contribution in [0, 0.1) is 19.8 Å². The Kier molecular flexibility index (Phi) is 4.57. The highest BCUT2D eigenvalue weighted by atomic mass is 32.2. The van der Waals surface area contributed by atoms with Crippen LogP contribution in [0.25, 0.3) is 0 Å². The van der Waals surface area contributed by atoms with Crippen molar-refractivity contribution in [3.63, 3.8) is 0 Å². The van der Waals surface area contributed by atoms with Crippen LogP contribution in [-0.4, -0.2) is 39.4 Å². The minimum Gasteiger partial charge on any atom is -0.481 e. The average molecular weight is 351 g/mol. The normalized spacial score (nSPS) is 23.0. The summed E-state index contributed by atoms with van der Waals surface area (Å²) in [5.41, 5.74) is 1.12. The molecule has 8 nitrogen and oxygen atoms in total. The van der Waals surface area contributed by atoms with Crippen LogP contribution in [0.15, 0.2) is 30.4 Å². The molecule has 1 amide bonds. The summed E-state index contributed by atoms with van der Waals surface area (Å²) < 4.78 is 23.5. The summed E-state index contributed by atoms with van der Waals surface area (Å²) in [7, 11) is -4.53. The fraction of sp³-hybridized carbons (Fsp3) is 0.333. The van der Waals surface area contributed by atoms with Gasteiger partial charge < -0.3 is 5.11 Å². The quantitative estimate of drug-likeness (QED) is 0.847. The van der Waals surface area contributed by atoms with Crippen molar-refractivity contribution in [2.45, 2.75) is 25.5 Å². The first-order valence-electron chi connectivity index (χ1n) is 7.04. The summed E-state index contributed by atoms with van der Waals surface area (Å²) in [6.07, 6.45) is 5.27. The van der Waals surface area contributed by atoms with Gasteiger partial charge in [0.15, 0.2) is 0 Å². The molecule has 24 heavy (non-hydrogen) atoms. The van der Waals surface area contributed by atoms with E-state index in [1.165, 1.54) is 31.2 Å². The van der Waals surface area contributed by atoms with Crippen molar-refractivity contribution in [3.05, 3.63) is 41.8 Å². The zero-order valence-electron chi connectivity index (χ0n) is 13.3. The zero-order chi connectivity index (χ0) is 18.1. The Bertz CT molecular complexity index is 840. The van der Waals surface area contributed by atoms with Crippen molar-refractivity contribution in [1.82, 2.24) is 9.97 Å². The fourth-order valence-electron chi connectivity index (χ4n) is 2.44. The minimum absolute atomic E-state index is 0.146. The molecule has 1 aromatic rings. The van der Waals surface area contributed by atoms with Crippen LogP contribution in [0.1, 0.15) is 18.3 Å². The fourth-order valence-corrected chi connectivity index (χ4v) is 3.84. The van der Waals surface area contributed by atoms with Crippen LogP contribution in [0.5, 0.6) is 0 Å². The molecule has 0 radical (unpaired) electrons. The van der Waals surface area contributed by atoms with Crippen LogP contribution >= 0.6 is 0 Å². The number of aromatic nitrogens is 2. The summed E-state index contributed by atoms with van der Waals surface area (Å²) in [6, 6.07) is 1.67. The highest BCUT2D eigenvalue weighted by molar-refractivity contribution is 8.07. The van der Waals surface area contributed by atoms with Crippen molar-refractivity contribution in [2.75, 3.05) is 5.32 Å². The molecule has 0 fully saturated rings. The second-order valence-electron chi connectivity index (χ2n) is 5.63. The van der Waals surface area contributed by atoms with E-state index in [4.69, 9.17) is 0 Å². The predicted octanol–water partition coefficient (Wildman–Crippen LogP) is 1.63. The second kappa shape index (κ2) is 6.16. The molecule has 2 N–H and O–H groups in total. The first-order valence-corrected chi connectivity index (χ1v) is 8.53. The van der Waals surface area contributed by atoms with Gasteiger partial charge in [0.05, 0.1) is 5.92 Å². The number of sulfone groups is 1. The standard InChI is InChI=1S/C15H17N3O5S/c1-9-8-10(2)17-13(16-9)18-14(21)24(22,23)15(3)7-5-4-6-11(15)12(19)20/h4-8,11H,1-3H3,(H,19,20)(H,16,17,18,21). The zero-order valence-corrected chi connectivity index (χ0v) is 14.2. The monoisotopic (exact) mass is 351 g/mol. The molecule has 0 spiro atoms. The van der Waals surface area contributed by atoms with E-state index in [2.05, 4.69) is 15.3 Å². The highest BCUT2D eigenvalue weighted by Crippen LogP contribution is 2.34. The number of carboxylic acid groups (broad SMARTS) is 1. The van der Waals surface area contributed by atoms with Gasteiger partial charge in [0.2, 0.25) is 15.8 Å². The molecule has 9 heteroatoms. The van der Waals surface area contributed by atoms with Gasteiger partial charge in [0.25, 0.3) is 0 Å². The van der Waals surface area contributed by atoms with Gasteiger partial charge in [-0.25, -0.2) is 18.4 Å². The Balaban J connectivity index is 2.38. The Morgan fingerprint density at radius 2 is 1.79 bits per heavy atom. The van der Waals surface area contributed by atoms with E-state index in [1.54, 1.807) is 19.9 Å². The minimum atomic E-state index is -4.53. The van der Waals surface area contributed by atoms with Crippen molar-refractivity contribution < 1.29 is 23.1 Å². The third-order valence-electron chi connectivity index (χ3n) is 3.74. The molecule has 0 bridgehead atoms. The van der Waals surface area contributed by atoms with Crippen LogP contribution < -0.4 is 5.32 Å². The van der Waals surface area contributed by atoms with Gasteiger partial charge >= 0.3 is 11.2 Å². The van der Waals surface area contributed by atoms with Crippen molar-refractivity contribution in [2.24, 2.45) is 5.92 Å². The molecule has 1 aromatic heterocycles. The lowest BCUT2D eigenvalue weighted by molar-refractivity contribution is -0.140. The first-order chi connectivity index (χ1) is 11.1. The SMILES string of the molecule is Cc1cc(C)nc(NC(=O)S(=O)(=O)C2(C)C=CC=CC2C(=O)O)n1. The van der Waals surface area contributed by atoms with Gasteiger partial charge in [-0.3, -0.25) is 14.9 Å². The number of hydrogen-bond donors (Lipinski definition) is 2. The summed E-state index contributed by atoms with van der Waals surface area (Å²) in [6.45, 7) is 4.55. The molecular formula is C15H17N3O5S. The van der Waals surface area contributed by atoms with Crippen LogP contribution in [0.2, 0.25) is 0 Å². The number of carbonyl (C=O) groups is 2. The number of allylic oxidation sites excluding steroid dienone is 2. The summed E-state index contributed by atoms with van der Waals surface area (Å²) in [4.78, 5) is 31.6. The largest absolute Gasteiger partial charge is 0.481 e. The number of aryl methyl sites for hydroxylation is 2. The van der Waals surface area contributed by atoms with Gasteiger partial charge in [-0.1, -0.05) is 24.3 Å². The van der Waals surface area contributed by atoms with E-state index >= 15 is 0 Å². The second-order valence-corrected chi connectivity index (χ2v) is 7.89. The maximum atomic E-state index is 12.7. The number of rotatable bonds is 3. The predicted molar refractivity (Wildman–Crippen MR) is 87.3 cm³/mol. The topological polar surface area (TPSA) is 126 Å². The average Bonchev–Trinajstić information content (AvgIpc) is 2.45. The lowest BCUT2D eigenvalue weighted by Gasteiger charge is -2.30. The smallest absolute Gasteiger partial charge is 0.344 e. The number of aliphatic carboxylic acids is 1. The molecular weight excluding hydrogens is 334 g/mol. The maximum Gasteiger partial charge on any atom is 0.344 e. The number of amides is 1. The van der Waals surface area contributed by atoms with Gasteiger partial charge in [-0.15, -0.1) is 0 Å². The third kappa shape index (κ3) is 3.07. The molecule has 2 unspecified atom stereocenters. The van der Waals surface area contributed by atoms with Crippen molar-refractivity contribution >= 4 is 27.0 Å². The number of nitrogens with one attached hydrogen (secondary N) is 1. The molecule has 128 valence electrons. The van der Waals surface area contributed by atoms with E-state index < -0.39 is 31.7 Å². The maximum absolute atomic E-state index is 12.7. The molecule has 2 rings (SSSR count). The molecule has 1 aliphatic carbocycles. The Morgan fingerprint density at radius 3 is 2.33 bits per heavy atom. The Labute approximate surface area is 139 Å². The van der Waals surface area contributed by atoms with E-state index in [1.807, 2.05) is 0 Å². The number of nitrogens with zero attached hydrogens (tertiary/aromatic N) is 2. The number of carboxylic acids is 1.